The Morgan fingerprint density at radius 3 is 2.81 bits per heavy atom. The van der Waals surface area contributed by atoms with Crippen molar-refractivity contribution in [3.05, 3.63) is 46.2 Å². The van der Waals surface area contributed by atoms with Crippen molar-refractivity contribution in [3.8, 4) is 0 Å². The lowest BCUT2D eigenvalue weighted by molar-refractivity contribution is 0.0479. The van der Waals surface area contributed by atoms with Crippen molar-refractivity contribution in [3.63, 3.8) is 0 Å². The van der Waals surface area contributed by atoms with Crippen LogP contribution in [-0.4, -0.2) is 41.0 Å². The van der Waals surface area contributed by atoms with Gasteiger partial charge in [-0.25, -0.2) is 0 Å². The quantitative estimate of drug-likeness (QED) is 0.831. The van der Waals surface area contributed by atoms with Crippen LogP contribution in [0.25, 0.3) is 10.9 Å². The first kappa shape index (κ1) is 13.8. The number of nitrogens with zero attached hydrogens (tertiary/aromatic N) is 1. The molecule has 5 nitrogen and oxygen atoms in total. The van der Waals surface area contributed by atoms with Gasteiger partial charge >= 0.3 is 0 Å². The summed E-state index contributed by atoms with van der Waals surface area (Å²) in [6.45, 7) is 6.24. The predicted molar refractivity (Wildman–Crippen MR) is 82.6 cm³/mol. The summed E-state index contributed by atoms with van der Waals surface area (Å²) in [6, 6.07) is 8.81. The highest BCUT2D eigenvalue weighted by molar-refractivity contribution is 6.06. The van der Waals surface area contributed by atoms with E-state index in [-0.39, 0.29) is 17.0 Å². The van der Waals surface area contributed by atoms with E-state index >= 15 is 0 Å². The molecule has 2 N–H and O–H groups in total. The molecule has 2 aromatic rings. The van der Waals surface area contributed by atoms with Crippen LogP contribution in [0.15, 0.2) is 35.1 Å². The maximum atomic E-state index is 12.9. The number of carbonyl (C=O) groups is 1. The SMILES string of the molecule is CC1(C)CNCCN1C(=O)c1cc(=O)[nH]c2ccccc12. The number of hydrogen-bond acceptors (Lipinski definition) is 3. The van der Waals surface area contributed by atoms with Crippen LogP contribution in [0, 0.1) is 0 Å². The van der Waals surface area contributed by atoms with Gasteiger partial charge in [0.25, 0.3) is 5.91 Å². The number of amides is 1. The monoisotopic (exact) mass is 285 g/mol. The number of nitrogens with one attached hydrogen (secondary N) is 2. The third-order valence-corrected chi connectivity index (χ3v) is 4.03. The van der Waals surface area contributed by atoms with E-state index < -0.39 is 0 Å². The minimum Gasteiger partial charge on any atom is -0.331 e. The number of benzene rings is 1. The van der Waals surface area contributed by atoms with Gasteiger partial charge in [-0.2, -0.15) is 0 Å². The molecule has 0 bridgehead atoms. The molecule has 1 aromatic heterocycles. The summed E-state index contributed by atoms with van der Waals surface area (Å²) in [6.07, 6.45) is 0. The standard InChI is InChI=1S/C16H19N3O2/c1-16(2)10-17-7-8-19(16)15(21)12-9-14(20)18-13-6-4-3-5-11(12)13/h3-6,9,17H,7-8,10H2,1-2H3,(H,18,20). The molecule has 3 rings (SSSR count). The van der Waals surface area contributed by atoms with Crippen LogP contribution >= 0.6 is 0 Å². The third kappa shape index (κ3) is 2.45. The van der Waals surface area contributed by atoms with Crippen LogP contribution in [0.4, 0.5) is 0 Å². The van der Waals surface area contributed by atoms with Crippen LogP contribution in [0.1, 0.15) is 24.2 Å². The Balaban J connectivity index is 2.11. The van der Waals surface area contributed by atoms with Crippen molar-refractivity contribution in [2.45, 2.75) is 19.4 Å². The number of carbonyl (C=O) groups excluding carboxylic acids is 1. The lowest BCUT2D eigenvalue weighted by atomic mass is 9.98. The number of H-pyrrole nitrogens is 1. The van der Waals surface area contributed by atoms with Gasteiger partial charge in [-0.3, -0.25) is 9.59 Å². The van der Waals surface area contributed by atoms with E-state index in [1.165, 1.54) is 6.07 Å². The molecule has 0 radical (unpaired) electrons. The predicted octanol–water partition coefficient (Wildman–Crippen LogP) is 1.35. The summed E-state index contributed by atoms with van der Waals surface area (Å²) in [5.41, 5.74) is 0.662. The van der Waals surface area contributed by atoms with Gasteiger partial charge < -0.3 is 15.2 Å². The maximum Gasteiger partial charge on any atom is 0.255 e. The highest BCUT2D eigenvalue weighted by atomic mass is 16.2. The summed E-state index contributed by atoms with van der Waals surface area (Å²) < 4.78 is 0. The summed E-state index contributed by atoms with van der Waals surface area (Å²) in [5, 5.41) is 4.09. The molecule has 1 aromatic carbocycles. The van der Waals surface area contributed by atoms with Gasteiger partial charge in [0.1, 0.15) is 0 Å². The number of pyridine rings is 1. The maximum absolute atomic E-state index is 12.9. The van der Waals surface area contributed by atoms with Crippen LogP contribution in [-0.2, 0) is 0 Å². The Kier molecular flexibility index (Phi) is 3.29. The first-order valence-corrected chi connectivity index (χ1v) is 7.14. The molecular formula is C16H19N3O2. The van der Waals surface area contributed by atoms with E-state index in [1.807, 2.05) is 43.0 Å². The van der Waals surface area contributed by atoms with Crippen LogP contribution in [0.5, 0.6) is 0 Å². The number of aromatic amines is 1. The average molecular weight is 285 g/mol. The van der Waals surface area contributed by atoms with Crippen molar-refractivity contribution in [1.82, 2.24) is 15.2 Å². The Bertz CT molecular complexity index is 749. The molecule has 21 heavy (non-hydrogen) atoms. The zero-order chi connectivity index (χ0) is 15.0. The molecule has 0 spiro atoms. The molecule has 0 saturated carbocycles. The summed E-state index contributed by atoms with van der Waals surface area (Å²) in [5.74, 6) is -0.0798. The van der Waals surface area contributed by atoms with Crippen molar-refractivity contribution < 1.29 is 4.79 Å². The molecule has 1 fully saturated rings. The second kappa shape index (κ2) is 5.00. The Morgan fingerprint density at radius 2 is 2.05 bits per heavy atom. The van der Waals surface area contributed by atoms with Crippen LogP contribution in [0.3, 0.4) is 0 Å². The second-order valence-corrected chi connectivity index (χ2v) is 6.04. The van der Waals surface area contributed by atoms with E-state index in [2.05, 4.69) is 10.3 Å². The topological polar surface area (TPSA) is 65.2 Å². The number of aromatic nitrogens is 1. The lowest BCUT2D eigenvalue weighted by Gasteiger charge is -2.43. The van der Waals surface area contributed by atoms with Gasteiger partial charge in [0, 0.05) is 36.6 Å². The normalized spacial score (nSPS) is 17.9. The minimum atomic E-state index is -0.265. The van der Waals surface area contributed by atoms with Crippen molar-refractivity contribution in [2.75, 3.05) is 19.6 Å². The zero-order valence-corrected chi connectivity index (χ0v) is 12.3. The average Bonchev–Trinajstić information content (AvgIpc) is 2.45. The highest BCUT2D eigenvalue weighted by Gasteiger charge is 2.34. The molecular weight excluding hydrogens is 266 g/mol. The first-order valence-electron chi connectivity index (χ1n) is 7.14. The number of piperazine rings is 1. The van der Waals surface area contributed by atoms with Gasteiger partial charge in [-0.1, -0.05) is 18.2 Å². The fraction of sp³-hybridized carbons (Fsp3) is 0.375. The third-order valence-electron chi connectivity index (χ3n) is 4.03. The van der Waals surface area contributed by atoms with Crippen molar-refractivity contribution >= 4 is 16.8 Å². The second-order valence-electron chi connectivity index (χ2n) is 6.04. The summed E-state index contributed by atoms with van der Waals surface area (Å²) in [4.78, 5) is 29.4. The number of para-hydroxylation sites is 1. The van der Waals surface area contributed by atoms with Crippen molar-refractivity contribution in [1.29, 1.82) is 0 Å². The van der Waals surface area contributed by atoms with Gasteiger partial charge in [0.05, 0.1) is 11.1 Å². The molecule has 0 aliphatic carbocycles. The Morgan fingerprint density at radius 1 is 1.29 bits per heavy atom. The van der Waals surface area contributed by atoms with E-state index in [9.17, 15) is 9.59 Å². The smallest absolute Gasteiger partial charge is 0.255 e. The molecule has 110 valence electrons. The Labute approximate surface area is 123 Å². The van der Waals surface area contributed by atoms with Gasteiger partial charge in [-0.15, -0.1) is 0 Å². The van der Waals surface area contributed by atoms with Gasteiger partial charge in [-0.05, 0) is 19.9 Å². The molecule has 2 heterocycles. The van der Waals surface area contributed by atoms with Crippen molar-refractivity contribution in [2.24, 2.45) is 0 Å². The number of hydrogen-bond donors (Lipinski definition) is 2. The van der Waals surface area contributed by atoms with Crippen LogP contribution in [0.2, 0.25) is 0 Å². The molecule has 1 aliphatic rings. The summed E-state index contributed by atoms with van der Waals surface area (Å²) >= 11 is 0. The van der Waals surface area contributed by atoms with Crippen LogP contribution < -0.4 is 10.9 Å². The molecule has 5 heteroatoms. The zero-order valence-electron chi connectivity index (χ0n) is 12.3. The van der Waals surface area contributed by atoms with E-state index in [0.29, 0.717) is 17.6 Å². The molecule has 1 aliphatic heterocycles. The fourth-order valence-corrected chi connectivity index (χ4v) is 2.89. The van der Waals surface area contributed by atoms with Gasteiger partial charge in [0.15, 0.2) is 0 Å². The highest BCUT2D eigenvalue weighted by Crippen LogP contribution is 2.22. The fourth-order valence-electron chi connectivity index (χ4n) is 2.89. The Hall–Kier alpha value is -2.14. The largest absolute Gasteiger partial charge is 0.331 e. The van der Waals surface area contributed by atoms with E-state index in [4.69, 9.17) is 0 Å². The molecule has 0 unspecified atom stereocenters. The summed E-state index contributed by atoms with van der Waals surface area (Å²) in [7, 11) is 0. The van der Waals surface area contributed by atoms with Gasteiger partial charge in [0.2, 0.25) is 5.56 Å². The molecule has 1 saturated heterocycles. The number of fused-ring (bicyclic) bond motifs is 1. The number of rotatable bonds is 1. The lowest BCUT2D eigenvalue weighted by Crippen LogP contribution is -2.59. The molecule has 1 amide bonds. The first-order chi connectivity index (χ1) is 9.99. The minimum absolute atomic E-state index is 0.0798. The van der Waals surface area contributed by atoms with E-state index in [1.54, 1.807) is 0 Å². The molecule has 0 atom stereocenters. The van der Waals surface area contributed by atoms with E-state index in [0.717, 1.165) is 18.5 Å².